The molecule has 1 atom stereocenters. The van der Waals surface area contributed by atoms with E-state index in [1.54, 1.807) is 49.5 Å². The number of ether oxygens (including phenoxy) is 2. The Morgan fingerprint density at radius 1 is 1.10 bits per heavy atom. The number of benzene rings is 2. The van der Waals surface area contributed by atoms with E-state index in [4.69, 9.17) is 9.47 Å². The lowest BCUT2D eigenvalue weighted by molar-refractivity contribution is 0.174. The molecule has 1 unspecified atom stereocenters. The predicted molar refractivity (Wildman–Crippen MR) is 109 cm³/mol. The third kappa shape index (κ3) is 2.83. The van der Waals surface area contributed by atoms with Gasteiger partial charge in [0.2, 0.25) is 6.79 Å². The smallest absolute Gasteiger partial charge is 0.333 e. The van der Waals surface area contributed by atoms with Crippen molar-refractivity contribution in [1.82, 2.24) is 20.7 Å². The Balaban J connectivity index is 1.67. The number of hydrazine groups is 1. The second kappa shape index (κ2) is 6.82. The van der Waals surface area contributed by atoms with Crippen molar-refractivity contribution in [1.29, 1.82) is 0 Å². The molecule has 3 aromatic rings. The average molecular weight is 406 g/mol. The zero-order valence-electron chi connectivity index (χ0n) is 15.9. The largest absolute Gasteiger partial charge is 0.506 e. The summed E-state index contributed by atoms with van der Waals surface area (Å²) in [5.74, 6) is 1.05. The van der Waals surface area contributed by atoms with Crippen LogP contribution in [0, 0.1) is 0 Å². The maximum Gasteiger partial charge on any atom is 0.333 e. The lowest BCUT2D eigenvalue weighted by Crippen LogP contribution is -2.42. The van der Waals surface area contributed by atoms with E-state index in [1.807, 2.05) is 6.07 Å². The molecule has 0 fully saturated rings. The van der Waals surface area contributed by atoms with Crippen LogP contribution in [0.1, 0.15) is 17.2 Å². The zero-order chi connectivity index (χ0) is 20.8. The minimum absolute atomic E-state index is 0.0146. The first-order valence-electron chi connectivity index (χ1n) is 9.28. The van der Waals surface area contributed by atoms with E-state index in [2.05, 4.69) is 16.2 Å². The summed E-state index contributed by atoms with van der Waals surface area (Å²) < 4.78 is 12.2. The van der Waals surface area contributed by atoms with Crippen molar-refractivity contribution in [3.8, 4) is 17.2 Å². The highest BCUT2D eigenvalue weighted by molar-refractivity contribution is 5.94. The molecule has 0 bridgehead atoms. The van der Waals surface area contributed by atoms with Gasteiger partial charge in [-0.2, -0.15) is 0 Å². The molecule has 2 aliphatic rings. The van der Waals surface area contributed by atoms with Crippen LogP contribution in [0.3, 0.4) is 0 Å². The minimum Gasteiger partial charge on any atom is -0.506 e. The van der Waals surface area contributed by atoms with Crippen LogP contribution in [0.5, 0.6) is 17.2 Å². The van der Waals surface area contributed by atoms with E-state index in [0.29, 0.717) is 22.4 Å². The Bertz CT molecular complexity index is 1280. The molecule has 0 radical (unpaired) electrons. The second-order valence-electron chi connectivity index (χ2n) is 7.00. The van der Waals surface area contributed by atoms with E-state index < -0.39 is 17.6 Å². The molecule has 0 saturated carbocycles. The molecule has 4 N–H and O–H groups in total. The maximum atomic E-state index is 13.1. The van der Waals surface area contributed by atoms with Crippen molar-refractivity contribution in [3.63, 3.8) is 0 Å². The fourth-order valence-corrected chi connectivity index (χ4v) is 3.70. The Morgan fingerprint density at radius 3 is 2.77 bits per heavy atom. The molecule has 0 spiro atoms. The van der Waals surface area contributed by atoms with Gasteiger partial charge in [0.05, 0.1) is 17.3 Å². The van der Waals surface area contributed by atoms with Gasteiger partial charge in [0.15, 0.2) is 11.5 Å². The lowest BCUT2D eigenvalue weighted by Gasteiger charge is -2.15. The molecule has 1 aromatic heterocycles. The number of aromatic nitrogens is 1. The molecule has 5 rings (SSSR count). The number of nitrogens with zero attached hydrogens (tertiary/aromatic N) is 1. The van der Waals surface area contributed by atoms with Gasteiger partial charge in [-0.15, -0.1) is 0 Å². The van der Waals surface area contributed by atoms with Crippen LogP contribution >= 0.6 is 0 Å². The maximum absolute atomic E-state index is 13.1. The summed E-state index contributed by atoms with van der Waals surface area (Å²) in [6, 6.07) is 11.4. The molecule has 30 heavy (non-hydrogen) atoms. The third-order valence-electron chi connectivity index (χ3n) is 5.22. The molecular weight excluding hydrogens is 388 g/mol. The SMILES string of the molecule is Cn1c(=O)c(C2=CC(c3ccc4c(c3)OCO4)NNC(=O)N2)c(O)c2ccccc21. The monoisotopic (exact) mass is 406 g/mol. The Hall–Kier alpha value is -3.98. The molecule has 2 aromatic carbocycles. The van der Waals surface area contributed by atoms with Crippen molar-refractivity contribution in [2.24, 2.45) is 7.05 Å². The predicted octanol–water partition coefficient (Wildman–Crippen LogP) is 1.87. The van der Waals surface area contributed by atoms with E-state index in [0.717, 1.165) is 5.56 Å². The van der Waals surface area contributed by atoms with Crippen molar-refractivity contribution >= 4 is 22.6 Å². The molecule has 2 aliphatic heterocycles. The topological polar surface area (TPSA) is 114 Å². The van der Waals surface area contributed by atoms with Crippen molar-refractivity contribution in [3.05, 3.63) is 70.0 Å². The van der Waals surface area contributed by atoms with Crippen molar-refractivity contribution in [2.45, 2.75) is 6.04 Å². The molecule has 0 saturated heterocycles. The number of urea groups is 1. The highest BCUT2D eigenvalue weighted by Crippen LogP contribution is 2.36. The van der Waals surface area contributed by atoms with Gasteiger partial charge in [0.1, 0.15) is 11.3 Å². The third-order valence-corrected chi connectivity index (χ3v) is 5.22. The van der Waals surface area contributed by atoms with E-state index in [-0.39, 0.29) is 23.8 Å². The fourth-order valence-electron chi connectivity index (χ4n) is 3.70. The number of para-hydroxylation sites is 1. The first-order valence-corrected chi connectivity index (χ1v) is 9.28. The highest BCUT2D eigenvalue weighted by Gasteiger charge is 2.25. The second-order valence-corrected chi connectivity index (χ2v) is 7.00. The van der Waals surface area contributed by atoms with Crippen LogP contribution in [0.25, 0.3) is 16.6 Å². The van der Waals surface area contributed by atoms with Crippen LogP contribution in [-0.4, -0.2) is 22.5 Å². The van der Waals surface area contributed by atoms with Crippen LogP contribution in [0.4, 0.5) is 4.79 Å². The highest BCUT2D eigenvalue weighted by atomic mass is 16.7. The number of rotatable bonds is 2. The Morgan fingerprint density at radius 2 is 1.90 bits per heavy atom. The van der Waals surface area contributed by atoms with Crippen molar-refractivity contribution in [2.75, 3.05) is 6.79 Å². The summed E-state index contributed by atoms with van der Waals surface area (Å²) >= 11 is 0. The number of aromatic hydroxyl groups is 1. The Kier molecular flexibility index (Phi) is 4.11. The van der Waals surface area contributed by atoms with Gasteiger partial charge in [-0.1, -0.05) is 18.2 Å². The van der Waals surface area contributed by atoms with Gasteiger partial charge in [-0.3, -0.25) is 10.2 Å². The standard InChI is InChI=1S/C21H18N4O5/c1-25-15-5-3-2-4-12(15)19(26)18(20(25)27)14-9-13(23-24-21(28)22-14)11-6-7-16-17(8-11)30-10-29-16/h2-9,13,23,26H,10H2,1H3,(H2,22,24,28). The normalized spacial score (nSPS) is 17.8. The lowest BCUT2D eigenvalue weighted by atomic mass is 10.0. The number of amides is 2. The van der Waals surface area contributed by atoms with Gasteiger partial charge in [0, 0.05) is 12.4 Å². The number of aryl methyl sites for hydroxylation is 1. The summed E-state index contributed by atoms with van der Waals surface area (Å²) in [6.45, 7) is 0.150. The van der Waals surface area contributed by atoms with Gasteiger partial charge in [0.25, 0.3) is 5.56 Å². The summed E-state index contributed by atoms with van der Waals surface area (Å²) in [5, 5.41) is 14.0. The average Bonchev–Trinajstić information content (AvgIpc) is 3.14. The van der Waals surface area contributed by atoms with E-state index >= 15 is 0 Å². The molecule has 3 heterocycles. The molecule has 152 valence electrons. The van der Waals surface area contributed by atoms with Crippen LogP contribution < -0.4 is 31.2 Å². The van der Waals surface area contributed by atoms with Gasteiger partial charge >= 0.3 is 6.03 Å². The van der Waals surface area contributed by atoms with E-state index in [9.17, 15) is 14.7 Å². The van der Waals surface area contributed by atoms with Crippen LogP contribution in [0.15, 0.2) is 53.3 Å². The molecule has 0 aliphatic carbocycles. The number of carbonyl (C=O) groups excluding carboxylic acids is 1. The number of pyridine rings is 1. The van der Waals surface area contributed by atoms with Gasteiger partial charge in [-0.05, 0) is 35.9 Å². The van der Waals surface area contributed by atoms with Crippen molar-refractivity contribution < 1.29 is 19.4 Å². The molecule has 9 nitrogen and oxygen atoms in total. The van der Waals surface area contributed by atoms with Crippen LogP contribution in [-0.2, 0) is 7.05 Å². The number of nitrogens with one attached hydrogen (secondary N) is 3. The first-order chi connectivity index (χ1) is 14.5. The van der Waals surface area contributed by atoms with Gasteiger partial charge < -0.3 is 24.5 Å². The first kappa shape index (κ1) is 18.1. The quantitative estimate of drug-likeness (QED) is 0.517. The summed E-state index contributed by atoms with van der Waals surface area (Å²) in [6.07, 6.45) is 1.67. The van der Waals surface area contributed by atoms with E-state index in [1.165, 1.54) is 4.57 Å². The fraction of sp³-hybridized carbons (Fsp3) is 0.143. The summed E-state index contributed by atoms with van der Waals surface area (Å²) in [5.41, 5.74) is 6.59. The number of hydrogen-bond acceptors (Lipinski definition) is 6. The zero-order valence-corrected chi connectivity index (χ0v) is 15.9. The van der Waals surface area contributed by atoms with Crippen LogP contribution in [0.2, 0.25) is 0 Å². The number of carbonyl (C=O) groups is 1. The summed E-state index contributed by atoms with van der Waals surface area (Å²) in [7, 11) is 1.62. The minimum atomic E-state index is -0.556. The number of hydrogen-bond donors (Lipinski definition) is 4. The molecular formula is C21H18N4O5. The Labute approximate surface area is 170 Å². The summed E-state index contributed by atoms with van der Waals surface area (Å²) in [4.78, 5) is 25.3. The number of fused-ring (bicyclic) bond motifs is 2. The van der Waals surface area contributed by atoms with Gasteiger partial charge in [-0.25, -0.2) is 10.2 Å². The molecule has 2 amide bonds. The molecule has 9 heteroatoms.